The predicted molar refractivity (Wildman–Crippen MR) is 47.8 cm³/mol. The van der Waals surface area contributed by atoms with Crippen LogP contribution in [0.3, 0.4) is 0 Å². The fourth-order valence-electron chi connectivity index (χ4n) is 1.48. The monoisotopic (exact) mass is 200 g/mol. The topological polar surface area (TPSA) is 110 Å². The lowest BCUT2D eigenvalue weighted by Gasteiger charge is -2.20. The summed E-state index contributed by atoms with van der Waals surface area (Å²) in [6.45, 7) is 0.449. The molecule has 0 aromatic heterocycles. The summed E-state index contributed by atoms with van der Waals surface area (Å²) in [5, 5.41) is 21.6. The Balaban J connectivity index is 2.71. The Kier molecular flexibility index (Phi) is 3.55. The molecule has 1 fully saturated rings. The van der Waals surface area contributed by atoms with E-state index in [2.05, 4.69) is 10.0 Å². The van der Waals surface area contributed by atoms with Crippen LogP contribution in [0.1, 0.15) is 12.8 Å². The summed E-state index contributed by atoms with van der Waals surface area (Å²) in [5.41, 5.74) is 8.23. The van der Waals surface area contributed by atoms with E-state index in [1.54, 1.807) is 0 Å². The van der Waals surface area contributed by atoms with E-state index in [1.165, 1.54) is 0 Å². The van der Waals surface area contributed by atoms with E-state index in [4.69, 9.17) is 10.6 Å². The molecule has 1 aliphatic rings. The highest BCUT2D eigenvalue weighted by Crippen LogP contribution is 2.14. The highest BCUT2D eigenvalue weighted by Gasteiger charge is 2.26. The van der Waals surface area contributed by atoms with Gasteiger partial charge in [0.1, 0.15) is 0 Å². The molecule has 1 saturated heterocycles. The Hall–Kier alpha value is -1.46. The number of carboxylic acid groups (broad SMARTS) is 1. The van der Waals surface area contributed by atoms with Crippen LogP contribution in [0.2, 0.25) is 0 Å². The molecule has 7 heteroatoms. The molecule has 0 aromatic carbocycles. The summed E-state index contributed by atoms with van der Waals surface area (Å²) in [7, 11) is 0. The Morgan fingerprint density at radius 1 is 1.64 bits per heavy atom. The van der Waals surface area contributed by atoms with Crippen molar-refractivity contribution in [3.8, 4) is 0 Å². The van der Waals surface area contributed by atoms with Gasteiger partial charge in [-0.25, -0.2) is 4.79 Å². The molecule has 2 unspecified atom stereocenters. The maximum atomic E-state index is 10.7. The number of rotatable bonds is 1. The first-order valence-corrected chi connectivity index (χ1v) is 4.35. The molecule has 7 nitrogen and oxygen atoms in total. The van der Waals surface area contributed by atoms with Crippen molar-refractivity contribution >= 4 is 6.09 Å². The maximum Gasteiger partial charge on any atom is 0.407 e. The van der Waals surface area contributed by atoms with Crippen molar-refractivity contribution in [2.24, 2.45) is 5.11 Å². The van der Waals surface area contributed by atoms with Gasteiger partial charge in [-0.3, -0.25) is 0 Å². The van der Waals surface area contributed by atoms with Crippen LogP contribution >= 0.6 is 0 Å². The quantitative estimate of drug-likeness (QED) is 0.371. The molecule has 0 aliphatic carbocycles. The van der Waals surface area contributed by atoms with E-state index >= 15 is 0 Å². The SMILES string of the molecule is [N-]=[N+]=NC1CN(C(=O)O)CCCC1O. The third-order valence-electron chi connectivity index (χ3n) is 2.25. The van der Waals surface area contributed by atoms with Gasteiger partial charge in [0.25, 0.3) is 0 Å². The molecule has 2 N–H and O–H groups in total. The maximum absolute atomic E-state index is 10.7. The third-order valence-corrected chi connectivity index (χ3v) is 2.25. The fraction of sp³-hybridized carbons (Fsp3) is 0.857. The second-order valence-electron chi connectivity index (χ2n) is 3.21. The van der Waals surface area contributed by atoms with Crippen molar-refractivity contribution in [3.05, 3.63) is 10.4 Å². The number of carbonyl (C=O) groups is 1. The largest absolute Gasteiger partial charge is 0.465 e. The number of aliphatic hydroxyl groups is 1. The lowest BCUT2D eigenvalue weighted by atomic mass is 10.1. The van der Waals surface area contributed by atoms with Gasteiger partial charge >= 0.3 is 6.09 Å². The molecule has 1 amide bonds. The summed E-state index contributed by atoms with van der Waals surface area (Å²) in [6, 6.07) is -0.668. The van der Waals surface area contributed by atoms with E-state index < -0.39 is 18.2 Å². The molecule has 1 aliphatic heterocycles. The molecule has 2 atom stereocenters. The highest BCUT2D eigenvalue weighted by atomic mass is 16.4. The average molecular weight is 200 g/mol. The number of hydrogen-bond donors (Lipinski definition) is 2. The molecule has 0 spiro atoms. The van der Waals surface area contributed by atoms with Crippen LogP contribution in [0.15, 0.2) is 5.11 Å². The van der Waals surface area contributed by atoms with Crippen molar-refractivity contribution in [1.82, 2.24) is 4.90 Å². The average Bonchev–Trinajstić information content (AvgIpc) is 2.30. The smallest absolute Gasteiger partial charge is 0.407 e. The first kappa shape index (κ1) is 10.6. The zero-order chi connectivity index (χ0) is 10.6. The summed E-state index contributed by atoms with van der Waals surface area (Å²) in [6.07, 6.45) is -0.731. The van der Waals surface area contributed by atoms with Gasteiger partial charge in [-0.15, -0.1) is 0 Å². The molecular weight excluding hydrogens is 188 g/mol. The van der Waals surface area contributed by atoms with Crippen LogP contribution in [0.5, 0.6) is 0 Å². The number of nitrogens with zero attached hydrogens (tertiary/aromatic N) is 4. The fourth-order valence-corrected chi connectivity index (χ4v) is 1.48. The number of azide groups is 1. The van der Waals surface area contributed by atoms with Crippen molar-refractivity contribution in [1.29, 1.82) is 0 Å². The first-order chi connectivity index (χ1) is 6.65. The van der Waals surface area contributed by atoms with E-state index in [1.807, 2.05) is 0 Å². The summed E-state index contributed by atoms with van der Waals surface area (Å²) < 4.78 is 0. The van der Waals surface area contributed by atoms with Gasteiger partial charge < -0.3 is 15.1 Å². The molecule has 78 valence electrons. The lowest BCUT2D eigenvalue weighted by molar-refractivity contribution is 0.123. The zero-order valence-electron chi connectivity index (χ0n) is 7.57. The van der Waals surface area contributed by atoms with E-state index in [9.17, 15) is 9.90 Å². The van der Waals surface area contributed by atoms with Crippen LogP contribution in [0.4, 0.5) is 4.79 Å². The lowest BCUT2D eigenvalue weighted by Crippen LogP contribution is -2.37. The van der Waals surface area contributed by atoms with Crippen molar-refractivity contribution in [2.45, 2.75) is 25.0 Å². The van der Waals surface area contributed by atoms with E-state index in [0.29, 0.717) is 19.4 Å². The van der Waals surface area contributed by atoms with Gasteiger partial charge in [0.2, 0.25) is 0 Å². The van der Waals surface area contributed by atoms with E-state index in [0.717, 1.165) is 4.90 Å². The Labute approximate surface area is 80.6 Å². The Morgan fingerprint density at radius 2 is 2.36 bits per heavy atom. The number of likely N-dealkylation sites (tertiary alicyclic amines) is 1. The van der Waals surface area contributed by atoms with Crippen LogP contribution < -0.4 is 0 Å². The highest BCUT2D eigenvalue weighted by molar-refractivity contribution is 5.65. The molecule has 0 bridgehead atoms. The summed E-state index contributed by atoms with van der Waals surface area (Å²) in [5.74, 6) is 0. The van der Waals surface area contributed by atoms with Crippen LogP contribution in [-0.2, 0) is 0 Å². The number of amides is 1. The van der Waals surface area contributed by atoms with Crippen LogP contribution in [-0.4, -0.2) is 46.4 Å². The first-order valence-electron chi connectivity index (χ1n) is 4.35. The third kappa shape index (κ3) is 2.51. The minimum atomic E-state index is -1.04. The standard InChI is InChI=1S/C7H12N4O3/c8-10-9-5-4-11(7(13)14)3-1-2-6(5)12/h5-6,12H,1-4H2,(H,13,14). The van der Waals surface area contributed by atoms with Crippen molar-refractivity contribution in [2.75, 3.05) is 13.1 Å². The van der Waals surface area contributed by atoms with Crippen LogP contribution in [0.25, 0.3) is 10.4 Å². The minimum Gasteiger partial charge on any atom is -0.465 e. The zero-order valence-corrected chi connectivity index (χ0v) is 7.57. The van der Waals surface area contributed by atoms with E-state index in [-0.39, 0.29) is 6.54 Å². The number of hydrogen-bond acceptors (Lipinski definition) is 3. The molecule has 1 rings (SSSR count). The summed E-state index contributed by atoms with van der Waals surface area (Å²) in [4.78, 5) is 14.4. The van der Waals surface area contributed by atoms with Gasteiger partial charge in [0.15, 0.2) is 0 Å². The Morgan fingerprint density at radius 3 is 2.93 bits per heavy atom. The molecule has 1 heterocycles. The minimum absolute atomic E-state index is 0.0700. The molecule has 0 saturated carbocycles. The van der Waals surface area contributed by atoms with Gasteiger partial charge in [-0.2, -0.15) is 0 Å². The second-order valence-corrected chi connectivity index (χ2v) is 3.21. The predicted octanol–water partition coefficient (Wildman–Crippen LogP) is 0.800. The van der Waals surface area contributed by atoms with Gasteiger partial charge in [-0.05, 0) is 18.4 Å². The van der Waals surface area contributed by atoms with Crippen LogP contribution in [0, 0.1) is 0 Å². The van der Waals surface area contributed by atoms with Gasteiger partial charge in [-0.1, -0.05) is 5.11 Å². The molecule has 14 heavy (non-hydrogen) atoms. The van der Waals surface area contributed by atoms with Crippen molar-refractivity contribution in [3.63, 3.8) is 0 Å². The number of aliphatic hydroxyl groups excluding tert-OH is 1. The molecule has 0 aromatic rings. The Bertz CT molecular complexity index is 264. The normalized spacial score (nSPS) is 27.6. The van der Waals surface area contributed by atoms with Gasteiger partial charge in [0.05, 0.1) is 12.1 Å². The second kappa shape index (κ2) is 4.69. The summed E-state index contributed by atoms with van der Waals surface area (Å²) >= 11 is 0. The molecule has 0 radical (unpaired) electrons. The molecular formula is C7H12N4O3. The van der Waals surface area contributed by atoms with Gasteiger partial charge in [0, 0.05) is 18.0 Å². The van der Waals surface area contributed by atoms with Crippen molar-refractivity contribution < 1.29 is 15.0 Å².